The van der Waals surface area contributed by atoms with Crippen molar-refractivity contribution in [3.05, 3.63) is 26.3 Å². The Morgan fingerprint density at radius 2 is 2.00 bits per heavy atom. The lowest BCUT2D eigenvalue weighted by Gasteiger charge is -2.10. The van der Waals surface area contributed by atoms with Crippen LogP contribution in [-0.4, -0.2) is 5.11 Å². The van der Waals surface area contributed by atoms with Gasteiger partial charge in [0.1, 0.15) is 5.75 Å². The van der Waals surface area contributed by atoms with E-state index in [4.69, 9.17) is 0 Å². The fourth-order valence-corrected chi connectivity index (χ4v) is 2.15. The molecule has 0 atom stereocenters. The van der Waals surface area contributed by atoms with E-state index in [1.807, 2.05) is 6.07 Å². The fraction of sp³-hybridized carbons (Fsp3) is 0.400. The molecule has 1 nitrogen and oxygen atoms in total. The van der Waals surface area contributed by atoms with Gasteiger partial charge < -0.3 is 5.11 Å². The second-order valence-corrected chi connectivity index (χ2v) is 4.14. The Morgan fingerprint density at radius 3 is 2.50 bits per heavy atom. The molecule has 0 saturated heterocycles. The molecular weight excluding hydrogens is 263 g/mol. The van der Waals surface area contributed by atoms with Crippen LogP contribution < -0.4 is 0 Å². The van der Waals surface area contributed by atoms with Gasteiger partial charge in [0.05, 0.1) is 3.57 Å². The molecule has 1 aromatic rings. The van der Waals surface area contributed by atoms with Crippen LogP contribution in [0.1, 0.15) is 23.6 Å². The SMILES string of the molecule is CCc1c(C)c(C)cc(I)c1O. The summed E-state index contributed by atoms with van der Waals surface area (Å²) < 4.78 is 0.951. The zero-order valence-electron chi connectivity index (χ0n) is 7.61. The van der Waals surface area contributed by atoms with Crippen molar-refractivity contribution in [1.82, 2.24) is 0 Å². The molecule has 0 aromatic heterocycles. The maximum atomic E-state index is 9.70. The normalized spacial score (nSPS) is 10.3. The third kappa shape index (κ3) is 1.58. The zero-order chi connectivity index (χ0) is 9.30. The van der Waals surface area contributed by atoms with Gasteiger partial charge in [-0.2, -0.15) is 0 Å². The number of rotatable bonds is 1. The number of phenols is 1. The van der Waals surface area contributed by atoms with E-state index in [0.29, 0.717) is 5.75 Å². The van der Waals surface area contributed by atoms with Crippen LogP contribution in [0, 0.1) is 17.4 Å². The Balaban J connectivity index is 3.42. The second-order valence-electron chi connectivity index (χ2n) is 2.98. The van der Waals surface area contributed by atoms with Crippen molar-refractivity contribution in [3.8, 4) is 5.75 Å². The van der Waals surface area contributed by atoms with Crippen molar-refractivity contribution >= 4 is 22.6 Å². The van der Waals surface area contributed by atoms with Crippen LogP contribution >= 0.6 is 22.6 Å². The predicted molar refractivity (Wildman–Crippen MR) is 59.7 cm³/mol. The lowest BCUT2D eigenvalue weighted by atomic mass is 10.0. The first-order valence-corrected chi connectivity index (χ1v) is 5.13. The van der Waals surface area contributed by atoms with Crippen molar-refractivity contribution in [3.63, 3.8) is 0 Å². The van der Waals surface area contributed by atoms with Gasteiger partial charge >= 0.3 is 0 Å². The summed E-state index contributed by atoms with van der Waals surface area (Å²) in [6, 6.07) is 2.02. The van der Waals surface area contributed by atoms with Gasteiger partial charge in [0, 0.05) is 0 Å². The first-order valence-electron chi connectivity index (χ1n) is 4.05. The highest BCUT2D eigenvalue weighted by Gasteiger charge is 2.08. The van der Waals surface area contributed by atoms with Crippen LogP contribution in [0.25, 0.3) is 0 Å². The number of phenolic OH excluding ortho intramolecular Hbond substituents is 1. The van der Waals surface area contributed by atoms with Crippen molar-refractivity contribution in [2.45, 2.75) is 27.2 Å². The molecule has 1 rings (SSSR count). The molecule has 0 aliphatic heterocycles. The quantitative estimate of drug-likeness (QED) is 0.781. The Hall–Kier alpha value is -0.250. The zero-order valence-corrected chi connectivity index (χ0v) is 9.77. The summed E-state index contributed by atoms with van der Waals surface area (Å²) in [7, 11) is 0. The van der Waals surface area contributed by atoms with Crippen LogP contribution in [0.2, 0.25) is 0 Å². The molecular formula is C10H13IO. The Kier molecular flexibility index (Phi) is 2.99. The van der Waals surface area contributed by atoms with Crippen molar-refractivity contribution < 1.29 is 5.11 Å². The molecule has 0 bridgehead atoms. The monoisotopic (exact) mass is 276 g/mol. The maximum Gasteiger partial charge on any atom is 0.132 e. The molecule has 0 unspecified atom stereocenters. The van der Waals surface area contributed by atoms with Gasteiger partial charge in [-0.15, -0.1) is 0 Å². The molecule has 0 saturated carbocycles. The summed E-state index contributed by atoms with van der Waals surface area (Å²) in [6.07, 6.45) is 0.898. The first-order chi connectivity index (χ1) is 5.57. The Morgan fingerprint density at radius 1 is 1.42 bits per heavy atom. The van der Waals surface area contributed by atoms with Crippen LogP contribution in [0.15, 0.2) is 6.07 Å². The molecule has 0 radical (unpaired) electrons. The molecule has 0 amide bonds. The number of aromatic hydroxyl groups is 1. The Bertz CT molecular complexity index is 279. The highest BCUT2D eigenvalue weighted by atomic mass is 127. The van der Waals surface area contributed by atoms with Crippen molar-refractivity contribution in [1.29, 1.82) is 0 Å². The molecule has 0 fully saturated rings. The highest BCUT2D eigenvalue weighted by Crippen LogP contribution is 2.29. The average molecular weight is 276 g/mol. The summed E-state index contributed by atoms with van der Waals surface area (Å²) in [6.45, 7) is 6.21. The molecule has 66 valence electrons. The predicted octanol–water partition coefficient (Wildman–Crippen LogP) is 3.18. The minimum absolute atomic E-state index is 0.459. The molecule has 0 spiro atoms. The van der Waals surface area contributed by atoms with Gasteiger partial charge in [-0.25, -0.2) is 0 Å². The number of hydrogen-bond acceptors (Lipinski definition) is 1. The lowest BCUT2D eigenvalue weighted by Crippen LogP contribution is -1.93. The van der Waals surface area contributed by atoms with Gasteiger partial charge in [-0.1, -0.05) is 6.92 Å². The van der Waals surface area contributed by atoms with E-state index >= 15 is 0 Å². The van der Waals surface area contributed by atoms with Crippen LogP contribution in [0.4, 0.5) is 0 Å². The van der Waals surface area contributed by atoms with E-state index in [1.165, 1.54) is 11.1 Å². The number of halogens is 1. The summed E-state index contributed by atoms with van der Waals surface area (Å²) in [5.41, 5.74) is 3.56. The van der Waals surface area contributed by atoms with E-state index in [1.54, 1.807) is 0 Å². The average Bonchev–Trinajstić information content (AvgIpc) is 2.02. The van der Waals surface area contributed by atoms with E-state index in [0.717, 1.165) is 15.6 Å². The van der Waals surface area contributed by atoms with Crippen LogP contribution in [0.3, 0.4) is 0 Å². The van der Waals surface area contributed by atoms with E-state index < -0.39 is 0 Å². The minimum atomic E-state index is 0.459. The number of benzene rings is 1. The number of aryl methyl sites for hydroxylation is 1. The Labute approximate surface area is 86.9 Å². The molecule has 0 aliphatic rings. The van der Waals surface area contributed by atoms with Crippen molar-refractivity contribution in [2.75, 3.05) is 0 Å². The largest absolute Gasteiger partial charge is 0.507 e. The van der Waals surface area contributed by atoms with Gasteiger partial charge in [-0.3, -0.25) is 0 Å². The molecule has 1 N–H and O–H groups in total. The standard InChI is InChI=1S/C10H13IO/c1-4-8-7(3)6(2)5-9(11)10(8)12/h5,12H,4H2,1-3H3. The number of hydrogen-bond donors (Lipinski definition) is 1. The van der Waals surface area contributed by atoms with Crippen LogP contribution in [-0.2, 0) is 6.42 Å². The van der Waals surface area contributed by atoms with Gasteiger partial charge in [-0.05, 0) is 65.6 Å². The maximum absolute atomic E-state index is 9.70. The second kappa shape index (κ2) is 3.64. The van der Waals surface area contributed by atoms with Gasteiger partial charge in [0.2, 0.25) is 0 Å². The van der Waals surface area contributed by atoms with Crippen molar-refractivity contribution in [2.24, 2.45) is 0 Å². The smallest absolute Gasteiger partial charge is 0.132 e. The molecule has 0 aliphatic carbocycles. The van der Waals surface area contributed by atoms with Gasteiger partial charge in [0.25, 0.3) is 0 Å². The molecule has 0 heterocycles. The summed E-state index contributed by atoms with van der Waals surface area (Å²) in [5.74, 6) is 0.459. The van der Waals surface area contributed by atoms with Crippen LogP contribution in [0.5, 0.6) is 5.75 Å². The lowest BCUT2D eigenvalue weighted by molar-refractivity contribution is 0.464. The van der Waals surface area contributed by atoms with E-state index in [2.05, 4.69) is 43.4 Å². The fourth-order valence-electron chi connectivity index (χ4n) is 1.36. The van der Waals surface area contributed by atoms with Gasteiger partial charge in [0.15, 0.2) is 0 Å². The van der Waals surface area contributed by atoms with E-state index in [9.17, 15) is 5.11 Å². The topological polar surface area (TPSA) is 20.2 Å². The molecule has 1 aromatic carbocycles. The minimum Gasteiger partial charge on any atom is -0.507 e. The highest BCUT2D eigenvalue weighted by molar-refractivity contribution is 14.1. The summed E-state index contributed by atoms with van der Waals surface area (Å²) >= 11 is 2.17. The van der Waals surface area contributed by atoms with E-state index in [-0.39, 0.29) is 0 Å². The molecule has 12 heavy (non-hydrogen) atoms. The third-order valence-corrected chi connectivity index (χ3v) is 3.08. The molecule has 2 heteroatoms. The summed E-state index contributed by atoms with van der Waals surface area (Å²) in [5, 5.41) is 9.70. The first kappa shape index (κ1) is 9.84. The third-order valence-electron chi connectivity index (χ3n) is 2.25. The summed E-state index contributed by atoms with van der Waals surface area (Å²) in [4.78, 5) is 0.